The van der Waals surface area contributed by atoms with Gasteiger partial charge in [-0.2, -0.15) is 0 Å². The quantitative estimate of drug-likeness (QED) is 0.335. The van der Waals surface area contributed by atoms with Gasteiger partial charge in [0, 0.05) is 0 Å². The van der Waals surface area contributed by atoms with E-state index in [0.717, 1.165) is 24.7 Å². The zero-order valence-corrected chi connectivity index (χ0v) is 11.0. The first-order valence-electron chi connectivity index (χ1n) is 7.07. The van der Waals surface area contributed by atoms with E-state index in [9.17, 15) is 0 Å². The predicted octanol–water partition coefficient (Wildman–Crippen LogP) is 1.58. The summed E-state index contributed by atoms with van der Waals surface area (Å²) in [5, 5.41) is 0. The molecule has 4 heteroatoms. The highest BCUT2D eigenvalue weighted by Gasteiger charge is 2.29. The molecule has 8 N–H and O–H groups in total. The number of rotatable bonds is 2. The molecule has 0 unspecified atom stereocenters. The fourth-order valence-corrected chi connectivity index (χ4v) is 3.34. The third-order valence-corrected chi connectivity index (χ3v) is 4.43. The van der Waals surface area contributed by atoms with Crippen molar-refractivity contribution in [2.45, 2.75) is 69.9 Å². The van der Waals surface area contributed by atoms with Crippen LogP contribution in [0.5, 0.6) is 0 Å². The third kappa shape index (κ3) is 5.34. The van der Waals surface area contributed by atoms with Gasteiger partial charge in [0.25, 0.3) is 0 Å². The van der Waals surface area contributed by atoms with Crippen LogP contribution in [0.15, 0.2) is 0 Å². The Hall–Kier alpha value is -0.160. The maximum Gasteiger partial charge on any atom is 0.0636 e. The molecule has 0 aliphatic heterocycles. The van der Waals surface area contributed by atoms with Gasteiger partial charge in [0.2, 0.25) is 0 Å². The van der Waals surface area contributed by atoms with Gasteiger partial charge in [-0.05, 0) is 43.9 Å². The molecule has 2 aliphatic carbocycles. The van der Waals surface area contributed by atoms with Crippen LogP contribution in [0.4, 0.5) is 0 Å². The van der Waals surface area contributed by atoms with Gasteiger partial charge >= 0.3 is 0 Å². The van der Waals surface area contributed by atoms with Crippen molar-refractivity contribution in [1.29, 1.82) is 0 Å². The lowest BCUT2D eigenvalue weighted by Gasteiger charge is -2.36. The summed E-state index contributed by atoms with van der Waals surface area (Å²) in [4.78, 5) is 0. The number of hydrazine groups is 1. The Kier molecular flexibility index (Phi) is 6.41. The van der Waals surface area contributed by atoms with E-state index in [0.29, 0.717) is 0 Å². The number of hydrogen-bond acceptors (Lipinski definition) is 4. The molecule has 0 aromatic heterocycles. The average Bonchev–Trinajstić information content (AvgIpc) is 2.36. The molecule has 0 amide bonds. The molecule has 2 saturated carbocycles. The van der Waals surface area contributed by atoms with Gasteiger partial charge in [0.1, 0.15) is 0 Å². The molecule has 0 saturated heterocycles. The monoisotopic (exact) mass is 242 g/mol. The standard InChI is InChI=1S/C13H26N2.H4N2/c14-13(15)8-6-12(7-9-13)10-11-4-2-1-3-5-11;1-2/h11-12H,1-10,14-15H2;1-2H2. The molecule has 0 atom stereocenters. The van der Waals surface area contributed by atoms with E-state index >= 15 is 0 Å². The van der Waals surface area contributed by atoms with Crippen LogP contribution in [0, 0.1) is 11.8 Å². The summed E-state index contributed by atoms with van der Waals surface area (Å²) in [6.45, 7) is 0. The summed E-state index contributed by atoms with van der Waals surface area (Å²) in [5.41, 5.74) is 11.6. The summed E-state index contributed by atoms with van der Waals surface area (Å²) in [6, 6.07) is 0. The van der Waals surface area contributed by atoms with Crippen molar-refractivity contribution in [3.8, 4) is 0 Å². The van der Waals surface area contributed by atoms with Gasteiger partial charge in [-0.1, -0.05) is 32.1 Å². The van der Waals surface area contributed by atoms with E-state index in [1.54, 1.807) is 0 Å². The molecule has 0 aromatic carbocycles. The Bertz CT molecular complexity index is 190. The first-order valence-corrected chi connectivity index (χ1v) is 7.07. The van der Waals surface area contributed by atoms with Crippen LogP contribution in [0.25, 0.3) is 0 Å². The van der Waals surface area contributed by atoms with Crippen molar-refractivity contribution in [1.82, 2.24) is 0 Å². The second-order valence-electron chi connectivity index (χ2n) is 5.92. The fraction of sp³-hybridized carbons (Fsp3) is 1.00. The van der Waals surface area contributed by atoms with E-state index in [1.807, 2.05) is 0 Å². The summed E-state index contributed by atoms with van der Waals surface area (Å²) >= 11 is 0. The van der Waals surface area contributed by atoms with E-state index in [4.69, 9.17) is 11.5 Å². The highest BCUT2D eigenvalue weighted by Crippen LogP contribution is 2.36. The van der Waals surface area contributed by atoms with Crippen LogP contribution < -0.4 is 23.2 Å². The second-order valence-corrected chi connectivity index (χ2v) is 5.92. The Morgan fingerprint density at radius 2 is 1.24 bits per heavy atom. The van der Waals surface area contributed by atoms with E-state index in [1.165, 1.54) is 51.4 Å². The number of nitrogens with two attached hydrogens (primary N) is 4. The average molecular weight is 242 g/mol. The first kappa shape index (κ1) is 14.9. The van der Waals surface area contributed by atoms with Gasteiger partial charge in [0.05, 0.1) is 5.66 Å². The molecule has 0 bridgehead atoms. The van der Waals surface area contributed by atoms with Gasteiger partial charge < -0.3 is 11.5 Å². The lowest BCUT2D eigenvalue weighted by Crippen LogP contribution is -2.51. The highest BCUT2D eigenvalue weighted by atomic mass is 15.0. The Morgan fingerprint density at radius 3 is 1.76 bits per heavy atom. The van der Waals surface area contributed by atoms with Crippen molar-refractivity contribution < 1.29 is 0 Å². The topological polar surface area (TPSA) is 104 Å². The maximum absolute atomic E-state index is 5.95. The Balaban J connectivity index is 0.000000686. The second kappa shape index (κ2) is 7.31. The molecule has 2 rings (SSSR count). The van der Waals surface area contributed by atoms with Crippen LogP contribution in [0.1, 0.15) is 64.2 Å². The SMILES string of the molecule is NC1(N)CCC(CC2CCCCC2)CC1.NN. The van der Waals surface area contributed by atoms with Crippen molar-refractivity contribution in [2.75, 3.05) is 0 Å². The van der Waals surface area contributed by atoms with Crippen molar-refractivity contribution >= 4 is 0 Å². The van der Waals surface area contributed by atoms with Crippen LogP contribution >= 0.6 is 0 Å². The minimum absolute atomic E-state index is 0.344. The molecule has 0 aromatic rings. The zero-order chi connectivity index (χ0) is 12.7. The largest absolute Gasteiger partial charge is 0.313 e. The molecule has 0 heterocycles. The molecule has 2 aliphatic rings. The van der Waals surface area contributed by atoms with E-state index < -0.39 is 0 Å². The molecule has 17 heavy (non-hydrogen) atoms. The van der Waals surface area contributed by atoms with Crippen molar-refractivity contribution in [2.24, 2.45) is 35.0 Å². The molecular weight excluding hydrogens is 212 g/mol. The lowest BCUT2D eigenvalue weighted by atomic mass is 9.75. The molecule has 102 valence electrons. The minimum atomic E-state index is -0.344. The highest BCUT2D eigenvalue weighted by molar-refractivity contribution is 4.85. The minimum Gasteiger partial charge on any atom is -0.313 e. The molecule has 0 spiro atoms. The summed E-state index contributed by atoms with van der Waals surface area (Å²) in [5.74, 6) is 9.94. The van der Waals surface area contributed by atoms with Crippen LogP contribution in [-0.4, -0.2) is 5.66 Å². The Labute approximate surface area is 105 Å². The Morgan fingerprint density at radius 1 is 0.765 bits per heavy atom. The fourth-order valence-electron chi connectivity index (χ4n) is 3.34. The van der Waals surface area contributed by atoms with Gasteiger partial charge in [-0.25, -0.2) is 0 Å². The van der Waals surface area contributed by atoms with Crippen LogP contribution in [0.2, 0.25) is 0 Å². The maximum atomic E-state index is 5.95. The normalized spacial score (nSPS) is 26.1. The van der Waals surface area contributed by atoms with Gasteiger partial charge in [-0.3, -0.25) is 11.7 Å². The predicted molar refractivity (Wildman–Crippen MR) is 72.6 cm³/mol. The molecule has 2 fully saturated rings. The van der Waals surface area contributed by atoms with E-state index in [2.05, 4.69) is 11.7 Å². The van der Waals surface area contributed by atoms with Crippen LogP contribution in [0.3, 0.4) is 0 Å². The zero-order valence-electron chi connectivity index (χ0n) is 11.0. The van der Waals surface area contributed by atoms with Gasteiger partial charge in [0.15, 0.2) is 0 Å². The molecular formula is C13H30N4. The number of hydrogen-bond donors (Lipinski definition) is 4. The molecule has 0 radical (unpaired) electrons. The van der Waals surface area contributed by atoms with Crippen molar-refractivity contribution in [3.05, 3.63) is 0 Å². The van der Waals surface area contributed by atoms with Gasteiger partial charge in [-0.15, -0.1) is 0 Å². The molecule has 4 nitrogen and oxygen atoms in total. The van der Waals surface area contributed by atoms with Crippen LogP contribution in [-0.2, 0) is 0 Å². The third-order valence-electron chi connectivity index (χ3n) is 4.43. The summed E-state index contributed by atoms with van der Waals surface area (Å²) in [6.07, 6.45) is 13.4. The summed E-state index contributed by atoms with van der Waals surface area (Å²) < 4.78 is 0. The lowest BCUT2D eigenvalue weighted by molar-refractivity contribution is 0.193. The van der Waals surface area contributed by atoms with Crippen molar-refractivity contribution in [3.63, 3.8) is 0 Å². The van der Waals surface area contributed by atoms with E-state index in [-0.39, 0.29) is 5.66 Å². The first-order chi connectivity index (χ1) is 8.16. The summed E-state index contributed by atoms with van der Waals surface area (Å²) in [7, 11) is 0. The smallest absolute Gasteiger partial charge is 0.0636 e.